The Bertz CT molecular complexity index is 1080. The van der Waals surface area contributed by atoms with Crippen molar-refractivity contribution in [2.45, 2.75) is 58.4 Å². The first-order chi connectivity index (χ1) is 16.6. The first-order valence-electron chi connectivity index (χ1n) is 12.6. The van der Waals surface area contributed by atoms with Crippen molar-refractivity contribution in [3.63, 3.8) is 0 Å². The Morgan fingerprint density at radius 3 is 2.50 bits per heavy atom. The van der Waals surface area contributed by atoms with Crippen molar-refractivity contribution >= 4 is 22.8 Å². The predicted octanol–water partition coefficient (Wildman–Crippen LogP) is 4.37. The molecule has 0 spiro atoms. The van der Waals surface area contributed by atoms with Crippen LogP contribution in [0, 0.1) is 5.92 Å². The zero-order chi connectivity index (χ0) is 23.8. The van der Waals surface area contributed by atoms with Gasteiger partial charge in [-0.2, -0.15) is 0 Å². The van der Waals surface area contributed by atoms with Crippen molar-refractivity contribution < 1.29 is 9.59 Å². The zero-order valence-electron chi connectivity index (χ0n) is 20.2. The molecule has 1 aromatic heterocycles. The van der Waals surface area contributed by atoms with E-state index in [9.17, 15) is 9.59 Å². The lowest BCUT2D eigenvalue weighted by molar-refractivity contribution is -0.133. The topological polar surface area (TPSA) is 67.2 Å². The van der Waals surface area contributed by atoms with Crippen molar-refractivity contribution in [3.8, 4) is 0 Å². The van der Waals surface area contributed by atoms with E-state index in [1.165, 1.54) is 0 Å². The summed E-state index contributed by atoms with van der Waals surface area (Å²) < 4.78 is 2.11. The molecule has 34 heavy (non-hydrogen) atoms. The summed E-state index contributed by atoms with van der Waals surface area (Å²) in [6.07, 6.45) is 6.35. The zero-order valence-corrected chi connectivity index (χ0v) is 20.2. The predicted molar refractivity (Wildman–Crippen MR) is 135 cm³/mol. The number of nitrogens with zero attached hydrogens (tertiary/aromatic N) is 3. The molecule has 1 aliphatic rings. The number of para-hydroxylation sites is 2. The molecule has 2 heterocycles. The molecule has 1 fully saturated rings. The van der Waals surface area contributed by atoms with Crippen LogP contribution in [0.1, 0.15) is 50.4 Å². The van der Waals surface area contributed by atoms with E-state index in [4.69, 9.17) is 4.98 Å². The number of aryl methyl sites for hydroxylation is 1. The summed E-state index contributed by atoms with van der Waals surface area (Å²) >= 11 is 0. The van der Waals surface area contributed by atoms with E-state index >= 15 is 0 Å². The van der Waals surface area contributed by atoms with Crippen LogP contribution in [0.25, 0.3) is 11.0 Å². The van der Waals surface area contributed by atoms with Crippen LogP contribution >= 0.6 is 0 Å². The summed E-state index contributed by atoms with van der Waals surface area (Å²) in [6, 6.07) is 17.9. The van der Waals surface area contributed by atoms with Gasteiger partial charge in [0.2, 0.25) is 11.8 Å². The molecule has 1 N–H and O–H groups in total. The van der Waals surface area contributed by atoms with Crippen molar-refractivity contribution in [3.05, 3.63) is 66.0 Å². The summed E-state index contributed by atoms with van der Waals surface area (Å²) in [7, 11) is 0. The molecule has 1 saturated heterocycles. The van der Waals surface area contributed by atoms with Crippen LogP contribution in [-0.2, 0) is 29.0 Å². The van der Waals surface area contributed by atoms with Crippen LogP contribution in [0.5, 0.6) is 0 Å². The third kappa shape index (κ3) is 6.46. The molecule has 4 rings (SSSR count). The number of piperidine rings is 1. The minimum absolute atomic E-state index is 0.0682. The highest BCUT2D eigenvalue weighted by atomic mass is 16.2. The molecule has 180 valence electrons. The van der Waals surface area contributed by atoms with Crippen LogP contribution in [0.15, 0.2) is 54.6 Å². The lowest BCUT2D eigenvalue weighted by Gasteiger charge is -2.30. The highest BCUT2D eigenvalue weighted by Crippen LogP contribution is 2.20. The smallest absolute Gasteiger partial charge is 0.242 e. The van der Waals surface area contributed by atoms with E-state index in [0.717, 1.165) is 74.0 Å². The lowest BCUT2D eigenvalue weighted by Crippen LogP contribution is -2.39. The molecule has 0 atom stereocenters. The highest BCUT2D eigenvalue weighted by molar-refractivity contribution is 5.81. The average molecular weight is 461 g/mol. The number of carbonyl (C=O) groups excluding carboxylic acids is 2. The fourth-order valence-corrected chi connectivity index (χ4v) is 4.64. The monoisotopic (exact) mass is 460 g/mol. The average Bonchev–Trinajstić information content (AvgIpc) is 3.19. The summed E-state index contributed by atoms with van der Waals surface area (Å²) in [5.41, 5.74) is 3.02. The van der Waals surface area contributed by atoms with Crippen LogP contribution in [0.3, 0.4) is 0 Å². The maximum atomic E-state index is 13.0. The minimum Gasteiger partial charge on any atom is -0.356 e. The largest absolute Gasteiger partial charge is 0.356 e. The fraction of sp³-hybridized carbons (Fsp3) is 0.464. The van der Waals surface area contributed by atoms with Gasteiger partial charge in [-0.3, -0.25) is 9.59 Å². The number of imidazole rings is 1. The number of likely N-dealkylation sites (tertiary alicyclic amines) is 1. The molecule has 6 heteroatoms. The Hall–Kier alpha value is -3.15. The lowest BCUT2D eigenvalue weighted by atomic mass is 9.99. The second kappa shape index (κ2) is 11.8. The van der Waals surface area contributed by atoms with Gasteiger partial charge in [-0.05, 0) is 49.3 Å². The van der Waals surface area contributed by atoms with Gasteiger partial charge < -0.3 is 14.8 Å². The third-order valence-electron chi connectivity index (χ3n) is 6.77. The Kier molecular flexibility index (Phi) is 8.34. The van der Waals surface area contributed by atoms with Gasteiger partial charge in [0.25, 0.3) is 0 Å². The number of hydrogen-bond donors (Lipinski definition) is 1. The Balaban J connectivity index is 1.26. The van der Waals surface area contributed by atoms with Crippen LogP contribution in [0.2, 0.25) is 0 Å². The Morgan fingerprint density at radius 1 is 0.971 bits per heavy atom. The van der Waals surface area contributed by atoms with Gasteiger partial charge in [-0.15, -0.1) is 0 Å². The molecule has 1 aliphatic heterocycles. The summed E-state index contributed by atoms with van der Waals surface area (Å²) in [5.74, 6) is 1.95. The third-order valence-corrected chi connectivity index (χ3v) is 6.77. The van der Waals surface area contributed by atoms with Crippen LogP contribution in [0.4, 0.5) is 0 Å². The number of rotatable bonds is 10. The van der Waals surface area contributed by atoms with E-state index in [1.807, 2.05) is 53.4 Å². The number of hydrogen-bond acceptors (Lipinski definition) is 3. The van der Waals surface area contributed by atoms with Crippen molar-refractivity contribution in [1.29, 1.82) is 0 Å². The second-order valence-corrected chi connectivity index (χ2v) is 9.49. The molecular formula is C28H36N4O2. The molecular weight excluding hydrogens is 424 g/mol. The number of aromatic nitrogens is 2. The summed E-state index contributed by atoms with van der Waals surface area (Å²) in [5, 5.41) is 3.02. The van der Waals surface area contributed by atoms with Crippen molar-refractivity contribution in [2.75, 3.05) is 19.6 Å². The van der Waals surface area contributed by atoms with E-state index in [2.05, 4.69) is 22.9 Å². The molecule has 6 nitrogen and oxygen atoms in total. The Labute approximate surface area is 202 Å². The van der Waals surface area contributed by atoms with Crippen molar-refractivity contribution in [2.24, 2.45) is 5.92 Å². The summed E-state index contributed by atoms with van der Waals surface area (Å²) in [4.78, 5) is 32.0. The molecule has 0 radical (unpaired) electrons. The molecule has 0 unspecified atom stereocenters. The number of benzene rings is 2. The van der Waals surface area contributed by atoms with Gasteiger partial charge in [0, 0.05) is 26.1 Å². The normalized spacial score (nSPS) is 14.4. The number of nitrogens with one attached hydrogen (secondary N) is 1. The highest BCUT2D eigenvalue weighted by Gasteiger charge is 2.22. The first-order valence-corrected chi connectivity index (χ1v) is 12.6. The van der Waals surface area contributed by atoms with Crippen molar-refractivity contribution in [1.82, 2.24) is 19.8 Å². The number of amides is 2. The first kappa shape index (κ1) is 24.0. The number of carbonyl (C=O) groups is 2. The molecule has 2 aromatic carbocycles. The maximum Gasteiger partial charge on any atom is 0.242 e. The van der Waals surface area contributed by atoms with Gasteiger partial charge in [0.15, 0.2) is 0 Å². The van der Waals surface area contributed by atoms with E-state index in [1.54, 1.807) is 0 Å². The van der Waals surface area contributed by atoms with E-state index < -0.39 is 0 Å². The molecule has 0 saturated carbocycles. The molecule has 0 bridgehead atoms. The van der Waals surface area contributed by atoms with E-state index in [-0.39, 0.29) is 11.8 Å². The van der Waals surface area contributed by atoms with Gasteiger partial charge in [-0.25, -0.2) is 4.98 Å². The number of unbranched alkanes of at least 4 members (excludes halogenated alkanes) is 2. The van der Waals surface area contributed by atoms with E-state index in [0.29, 0.717) is 25.4 Å². The van der Waals surface area contributed by atoms with Gasteiger partial charge >= 0.3 is 0 Å². The quantitative estimate of drug-likeness (QED) is 0.457. The van der Waals surface area contributed by atoms with Crippen LogP contribution in [-0.4, -0.2) is 45.9 Å². The van der Waals surface area contributed by atoms with Crippen LogP contribution < -0.4 is 5.32 Å². The molecule has 0 aliphatic carbocycles. The summed E-state index contributed by atoms with van der Waals surface area (Å²) in [6.45, 7) is 5.03. The van der Waals surface area contributed by atoms with Gasteiger partial charge in [0.05, 0.1) is 17.5 Å². The Morgan fingerprint density at radius 2 is 1.71 bits per heavy atom. The molecule has 2 amide bonds. The SMILES string of the molecule is CC1CCN(C(=O)Cn2c(CCCCCNC(=O)Cc3ccccc3)nc3ccccc32)CC1. The minimum atomic E-state index is 0.0682. The fourth-order valence-electron chi connectivity index (χ4n) is 4.64. The standard InChI is InChI=1S/C28H36N4O2/c1-22-15-18-31(19-16-22)28(34)21-32-25-13-8-7-12-24(25)30-26(32)14-6-3-9-17-29-27(33)20-23-10-4-2-5-11-23/h2,4-5,7-8,10-13,22H,3,6,9,14-21H2,1H3,(H,29,33). The van der Waals surface area contributed by atoms with Gasteiger partial charge in [0.1, 0.15) is 12.4 Å². The van der Waals surface area contributed by atoms with Gasteiger partial charge in [-0.1, -0.05) is 55.8 Å². The maximum absolute atomic E-state index is 13.0. The number of fused-ring (bicyclic) bond motifs is 1. The second-order valence-electron chi connectivity index (χ2n) is 9.49. The molecule has 3 aromatic rings.